The van der Waals surface area contributed by atoms with Crippen molar-refractivity contribution >= 4 is 22.4 Å². The van der Waals surface area contributed by atoms with Crippen LogP contribution < -0.4 is 0 Å². The number of aryl methyl sites for hydroxylation is 1. The summed E-state index contributed by atoms with van der Waals surface area (Å²) in [6.07, 6.45) is 0. The maximum absolute atomic E-state index is 13.8. The predicted molar refractivity (Wildman–Crippen MR) is 73.3 cm³/mol. The van der Waals surface area contributed by atoms with Crippen LogP contribution in [0.3, 0.4) is 0 Å². The molecule has 0 aliphatic rings. The molecule has 0 aliphatic carbocycles. The number of aromatic nitrogens is 2. The molecule has 0 spiro atoms. The summed E-state index contributed by atoms with van der Waals surface area (Å²) in [6.45, 7) is 3.80. The predicted octanol–water partition coefficient (Wildman–Crippen LogP) is 3.11. The lowest BCUT2D eigenvalue weighted by Gasteiger charge is -2.03. The van der Waals surface area contributed by atoms with Crippen molar-refractivity contribution in [3.05, 3.63) is 47.4 Å². The summed E-state index contributed by atoms with van der Waals surface area (Å²) in [5, 5.41) is 4.81. The van der Waals surface area contributed by atoms with Crippen LogP contribution in [0.4, 0.5) is 4.39 Å². The molecule has 2 heterocycles. The van der Waals surface area contributed by atoms with Gasteiger partial charge in [-0.25, -0.2) is 13.7 Å². The van der Waals surface area contributed by atoms with Crippen LogP contribution in [-0.4, -0.2) is 22.2 Å². The normalized spacial score (nSPS) is 11.2. The molecule has 102 valence electrons. The van der Waals surface area contributed by atoms with Crippen LogP contribution in [0.5, 0.6) is 0 Å². The Bertz CT molecular complexity index is 823. The molecular weight excluding hydrogens is 259 g/mol. The van der Waals surface area contributed by atoms with Crippen molar-refractivity contribution in [3.8, 4) is 0 Å². The molecule has 3 rings (SSSR count). The molecule has 20 heavy (non-hydrogen) atoms. The number of halogens is 1. The standard InChI is InChI=1S/C15H13FN2O2/c1-3-20-15(19)14-9(2)17-18-12-6-4-5-11(16)10(12)7-8-13(14)18/h4-8H,3H2,1-2H3. The summed E-state index contributed by atoms with van der Waals surface area (Å²) in [5.74, 6) is -0.717. The van der Waals surface area contributed by atoms with E-state index >= 15 is 0 Å². The number of pyridine rings is 1. The van der Waals surface area contributed by atoms with E-state index in [1.165, 1.54) is 6.07 Å². The summed E-state index contributed by atoms with van der Waals surface area (Å²) in [4.78, 5) is 12.0. The van der Waals surface area contributed by atoms with Crippen LogP contribution in [0.25, 0.3) is 16.4 Å². The molecule has 0 amide bonds. The zero-order chi connectivity index (χ0) is 14.3. The van der Waals surface area contributed by atoms with Crippen LogP contribution in [-0.2, 0) is 4.74 Å². The molecular formula is C15H13FN2O2. The van der Waals surface area contributed by atoms with E-state index in [4.69, 9.17) is 4.74 Å². The molecule has 0 N–H and O–H groups in total. The molecule has 0 atom stereocenters. The van der Waals surface area contributed by atoms with Gasteiger partial charge >= 0.3 is 5.97 Å². The van der Waals surface area contributed by atoms with Gasteiger partial charge in [-0.05, 0) is 38.1 Å². The van der Waals surface area contributed by atoms with Crippen LogP contribution in [0.1, 0.15) is 23.0 Å². The van der Waals surface area contributed by atoms with Crippen LogP contribution in [0, 0.1) is 12.7 Å². The van der Waals surface area contributed by atoms with E-state index in [2.05, 4.69) is 5.10 Å². The highest BCUT2D eigenvalue weighted by Gasteiger charge is 2.19. The number of fused-ring (bicyclic) bond motifs is 3. The topological polar surface area (TPSA) is 43.6 Å². The Morgan fingerprint density at radius 2 is 2.10 bits per heavy atom. The first kappa shape index (κ1) is 12.6. The first-order valence-corrected chi connectivity index (χ1v) is 6.37. The molecule has 0 saturated carbocycles. The lowest BCUT2D eigenvalue weighted by atomic mass is 10.1. The Balaban J connectivity index is 2.35. The molecule has 0 saturated heterocycles. The molecule has 4 nitrogen and oxygen atoms in total. The first-order chi connectivity index (χ1) is 9.63. The van der Waals surface area contributed by atoms with Gasteiger partial charge in [0.25, 0.3) is 0 Å². The van der Waals surface area contributed by atoms with E-state index in [1.54, 1.807) is 42.6 Å². The zero-order valence-corrected chi connectivity index (χ0v) is 11.2. The minimum atomic E-state index is -0.407. The number of ether oxygens (including phenoxy) is 1. The van der Waals surface area contributed by atoms with Crippen molar-refractivity contribution < 1.29 is 13.9 Å². The molecule has 5 heteroatoms. The monoisotopic (exact) mass is 272 g/mol. The van der Waals surface area contributed by atoms with Gasteiger partial charge in [-0.3, -0.25) is 0 Å². The number of nitrogens with zero attached hydrogens (tertiary/aromatic N) is 2. The zero-order valence-electron chi connectivity index (χ0n) is 11.2. The van der Waals surface area contributed by atoms with Gasteiger partial charge in [0, 0.05) is 5.39 Å². The number of benzene rings is 1. The number of esters is 1. The third-order valence-electron chi connectivity index (χ3n) is 3.24. The van der Waals surface area contributed by atoms with Crippen molar-refractivity contribution in [1.29, 1.82) is 0 Å². The molecule has 1 aromatic carbocycles. The van der Waals surface area contributed by atoms with Crippen molar-refractivity contribution in [2.75, 3.05) is 6.61 Å². The second-order valence-corrected chi connectivity index (χ2v) is 4.48. The van der Waals surface area contributed by atoms with Gasteiger partial charge in [0.05, 0.1) is 23.3 Å². The van der Waals surface area contributed by atoms with Crippen LogP contribution >= 0.6 is 0 Å². The summed E-state index contributed by atoms with van der Waals surface area (Å²) in [7, 11) is 0. The SMILES string of the molecule is CCOC(=O)c1c(C)nn2c1ccc1c(F)cccc12. The fourth-order valence-electron chi connectivity index (χ4n) is 2.38. The van der Waals surface area contributed by atoms with Gasteiger partial charge < -0.3 is 4.74 Å². The lowest BCUT2D eigenvalue weighted by molar-refractivity contribution is 0.0528. The van der Waals surface area contributed by atoms with Gasteiger partial charge in [0.1, 0.15) is 11.4 Å². The van der Waals surface area contributed by atoms with Gasteiger partial charge in [-0.1, -0.05) is 6.07 Å². The Morgan fingerprint density at radius 3 is 2.85 bits per heavy atom. The van der Waals surface area contributed by atoms with E-state index in [-0.39, 0.29) is 5.82 Å². The van der Waals surface area contributed by atoms with Crippen molar-refractivity contribution in [2.45, 2.75) is 13.8 Å². The third-order valence-corrected chi connectivity index (χ3v) is 3.24. The molecule has 0 aliphatic heterocycles. The summed E-state index contributed by atoms with van der Waals surface area (Å²) in [5.41, 5.74) is 2.25. The smallest absolute Gasteiger partial charge is 0.342 e. The lowest BCUT2D eigenvalue weighted by Crippen LogP contribution is -2.05. The molecule has 0 unspecified atom stereocenters. The Labute approximate surface area is 114 Å². The van der Waals surface area contributed by atoms with Crippen LogP contribution in [0.15, 0.2) is 30.3 Å². The molecule has 0 radical (unpaired) electrons. The van der Waals surface area contributed by atoms with E-state index in [0.717, 1.165) is 0 Å². The Kier molecular flexibility index (Phi) is 2.89. The first-order valence-electron chi connectivity index (χ1n) is 6.37. The van der Waals surface area contributed by atoms with Gasteiger partial charge in [0.2, 0.25) is 0 Å². The highest BCUT2D eigenvalue weighted by Crippen LogP contribution is 2.24. The average molecular weight is 272 g/mol. The Morgan fingerprint density at radius 1 is 1.30 bits per heavy atom. The highest BCUT2D eigenvalue weighted by molar-refractivity contribution is 6.00. The number of hydrogen-bond donors (Lipinski definition) is 0. The fourth-order valence-corrected chi connectivity index (χ4v) is 2.38. The Hall–Kier alpha value is -2.43. The van der Waals surface area contributed by atoms with Gasteiger partial charge in [-0.2, -0.15) is 5.10 Å². The highest BCUT2D eigenvalue weighted by atomic mass is 19.1. The summed E-state index contributed by atoms with van der Waals surface area (Å²) >= 11 is 0. The largest absolute Gasteiger partial charge is 0.462 e. The minimum Gasteiger partial charge on any atom is -0.462 e. The number of carbonyl (C=O) groups is 1. The van der Waals surface area contributed by atoms with E-state index in [0.29, 0.717) is 34.3 Å². The summed E-state index contributed by atoms with van der Waals surface area (Å²) in [6, 6.07) is 8.14. The summed E-state index contributed by atoms with van der Waals surface area (Å²) < 4.78 is 20.4. The third kappa shape index (κ3) is 1.74. The second-order valence-electron chi connectivity index (χ2n) is 4.48. The fraction of sp³-hybridized carbons (Fsp3) is 0.200. The van der Waals surface area contributed by atoms with E-state index in [1.807, 2.05) is 0 Å². The van der Waals surface area contributed by atoms with Crippen molar-refractivity contribution in [1.82, 2.24) is 9.61 Å². The van der Waals surface area contributed by atoms with E-state index in [9.17, 15) is 9.18 Å². The van der Waals surface area contributed by atoms with Gasteiger partial charge in [-0.15, -0.1) is 0 Å². The number of carbonyl (C=O) groups excluding carboxylic acids is 1. The number of rotatable bonds is 2. The van der Waals surface area contributed by atoms with Crippen molar-refractivity contribution in [2.24, 2.45) is 0 Å². The van der Waals surface area contributed by atoms with Gasteiger partial charge in [0.15, 0.2) is 0 Å². The molecule has 3 aromatic rings. The minimum absolute atomic E-state index is 0.303. The maximum Gasteiger partial charge on any atom is 0.342 e. The van der Waals surface area contributed by atoms with E-state index < -0.39 is 5.97 Å². The van der Waals surface area contributed by atoms with Crippen molar-refractivity contribution in [3.63, 3.8) is 0 Å². The second kappa shape index (κ2) is 4.59. The average Bonchev–Trinajstić information content (AvgIpc) is 2.76. The van der Waals surface area contributed by atoms with Crippen LogP contribution in [0.2, 0.25) is 0 Å². The maximum atomic E-state index is 13.8. The number of hydrogen-bond acceptors (Lipinski definition) is 3. The molecule has 0 bridgehead atoms. The molecule has 0 fully saturated rings. The molecule has 2 aromatic heterocycles. The quantitative estimate of drug-likeness (QED) is 0.673.